The van der Waals surface area contributed by atoms with Gasteiger partial charge in [-0.15, -0.1) is 0 Å². The van der Waals surface area contributed by atoms with Crippen molar-refractivity contribution in [3.05, 3.63) is 35.9 Å². The molecule has 4 heteroatoms. The van der Waals surface area contributed by atoms with Crippen LogP contribution in [0, 0.1) is 5.92 Å². The number of amides is 1. The zero-order valence-electron chi connectivity index (χ0n) is 12.0. The Kier molecular flexibility index (Phi) is 4.77. The zero-order chi connectivity index (χ0) is 14.5. The Morgan fingerprint density at radius 2 is 2.05 bits per heavy atom. The van der Waals surface area contributed by atoms with E-state index in [4.69, 9.17) is 4.74 Å². The van der Waals surface area contributed by atoms with E-state index in [1.807, 2.05) is 30.3 Å². The van der Waals surface area contributed by atoms with Crippen LogP contribution < -0.4 is 0 Å². The van der Waals surface area contributed by atoms with E-state index in [0.717, 1.165) is 12.0 Å². The molecule has 1 aromatic carbocycles. The van der Waals surface area contributed by atoms with Crippen LogP contribution in [-0.4, -0.2) is 29.4 Å². The first-order valence-electron chi connectivity index (χ1n) is 7.11. The molecule has 1 amide bonds. The molecule has 1 saturated heterocycles. The lowest BCUT2D eigenvalue weighted by Gasteiger charge is -2.31. The van der Waals surface area contributed by atoms with Crippen LogP contribution in [0.25, 0.3) is 0 Å². The van der Waals surface area contributed by atoms with Crippen LogP contribution >= 0.6 is 0 Å². The lowest BCUT2D eigenvalue weighted by molar-refractivity contribution is -0.161. The number of carbonyl (C=O) groups is 2. The summed E-state index contributed by atoms with van der Waals surface area (Å²) in [5.41, 5.74) is 1.08. The highest BCUT2D eigenvalue weighted by Gasteiger charge is 2.35. The average Bonchev–Trinajstić information content (AvgIpc) is 2.41. The van der Waals surface area contributed by atoms with Crippen molar-refractivity contribution in [1.29, 1.82) is 0 Å². The van der Waals surface area contributed by atoms with Crippen molar-refractivity contribution in [3.63, 3.8) is 0 Å². The maximum Gasteiger partial charge on any atom is 0.318 e. The van der Waals surface area contributed by atoms with E-state index < -0.39 is 5.92 Å². The highest BCUT2D eigenvalue weighted by molar-refractivity contribution is 5.98. The number of nitrogens with zero attached hydrogens (tertiary/aromatic N) is 1. The summed E-state index contributed by atoms with van der Waals surface area (Å²) in [5.74, 6) is -1.12. The van der Waals surface area contributed by atoms with Gasteiger partial charge in [-0.25, -0.2) is 0 Å². The van der Waals surface area contributed by atoms with Crippen LogP contribution in [0.4, 0.5) is 0 Å². The third kappa shape index (κ3) is 3.59. The Balaban J connectivity index is 2.01. The number of rotatable bonds is 4. The van der Waals surface area contributed by atoms with Gasteiger partial charge in [0.05, 0.1) is 6.10 Å². The van der Waals surface area contributed by atoms with Crippen molar-refractivity contribution in [1.82, 2.24) is 4.90 Å². The van der Waals surface area contributed by atoms with E-state index >= 15 is 0 Å². The molecule has 1 heterocycles. The predicted molar refractivity (Wildman–Crippen MR) is 75.8 cm³/mol. The maximum atomic E-state index is 12.4. The summed E-state index contributed by atoms with van der Waals surface area (Å²) in [6.07, 6.45) is 1.26. The van der Waals surface area contributed by atoms with Crippen LogP contribution in [0.15, 0.2) is 30.3 Å². The Morgan fingerprint density at radius 1 is 1.35 bits per heavy atom. The number of hydrogen-bond donors (Lipinski definition) is 0. The van der Waals surface area contributed by atoms with E-state index in [0.29, 0.717) is 19.5 Å². The first-order valence-corrected chi connectivity index (χ1v) is 7.11. The molecule has 2 rings (SSSR count). The Morgan fingerprint density at radius 3 is 2.70 bits per heavy atom. The molecule has 0 N–H and O–H groups in total. The molecule has 1 aliphatic rings. The van der Waals surface area contributed by atoms with Gasteiger partial charge < -0.3 is 9.64 Å². The zero-order valence-corrected chi connectivity index (χ0v) is 12.0. The van der Waals surface area contributed by atoms with Gasteiger partial charge >= 0.3 is 5.97 Å². The normalized spacial score (nSPS) is 19.2. The summed E-state index contributed by atoms with van der Waals surface area (Å²) in [6.45, 7) is 4.87. The number of piperidine rings is 1. The minimum absolute atomic E-state index is 0.106. The van der Waals surface area contributed by atoms with Gasteiger partial charge in [0, 0.05) is 13.1 Å². The second-order valence-corrected chi connectivity index (χ2v) is 5.43. The molecular weight excluding hydrogens is 254 g/mol. The molecular formula is C16H21NO3. The van der Waals surface area contributed by atoms with Crippen LogP contribution in [0.2, 0.25) is 0 Å². The smallest absolute Gasteiger partial charge is 0.318 e. The average molecular weight is 275 g/mol. The van der Waals surface area contributed by atoms with Crippen LogP contribution in [0.1, 0.15) is 32.3 Å². The van der Waals surface area contributed by atoms with Crippen molar-refractivity contribution in [3.8, 4) is 0 Å². The highest BCUT2D eigenvalue weighted by atomic mass is 16.5. The van der Waals surface area contributed by atoms with Crippen LogP contribution in [0.3, 0.4) is 0 Å². The Bertz CT molecular complexity index is 470. The molecule has 1 unspecified atom stereocenters. The molecule has 1 aromatic rings. The third-order valence-corrected chi connectivity index (χ3v) is 3.38. The van der Waals surface area contributed by atoms with E-state index in [1.54, 1.807) is 18.7 Å². The summed E-state index contributed by atoms with van der Waals surface area (Å²) in [4.78, 5) is 26.1. The van der Waals surface area contributed by atoms with Gasteiger partial charge in [-0.1, -0.05) is 30.3 Å². The molecule has 20 heavy (non-hydrogen) atoms. The van der Waals surface area contributed by atoms with Gasteiger partial charge in [0.15, 0.2) is 0 Å². The predicted octanol–water partition coefficient (Wildman–Crippen LogP) is 2.38. The van der Waals surface area contributed by atoms with Crippen molar-refractivity contribution >= 4 is 11.9 Å². The fraction of sp³-hybridized carbons (Fsp3) is 0.500. The summed E-state index contributed by atoms with van der Waals surface area (Å²) < 4.78 is 5.17. The van der Waals surface area contributed by atoms with Gasteiger partial charge in [0.1, 0.15) is 5.92 Å². The second kappa shape index (κ2) is 6.55. The van der Waals surface area contributed by atoms with Crippen LogP contribution in [-0.2, 0) is 20.9 Å². The van der Waals surface area contributed by atoms with Crippen molar-refractivity contribution in [2.75, 3.05) is 6.54 Å². The summed E-state index contributed by atoms with van der Waals surface area (Å²) in [6, 6.07) is 9.83. The minimum atomic E-state index is -0.630. The molecule has 1 aliphatic heterocycles. The Labute approximate surface area is 119 Å². The molecule has 0 radical (unpaired) electrons. The summed E-state index contributed by atoms with van der Waals surface area (Å²) >= 11 is 0. The number of carbonyl (C=O) groups excluding carboxylic acids is 2. The number of ether oxygens (including phenoxy) is 1. The van der Waals surface area contributed by atoms with Crippen LogP contribution in [0.5, 0.6) is 0 Å². The fourth-order valence-corrected chi connectivity index (χ4v) is 2.43. The second-order valence-electron chi connectivity index (χ2n) is 5.43. The molecule has 0 aromatic heterocycles. The lowest BCUT2D eigenvalue weighted by Crippen LogP contribution is -2.44. The molecule has 108 valence electrons. The first-order chi connectivity index (χ1) is 9.58. The largest absolute Gasteiger partial charge is 0.462 e. The molecule has 0 saturated carbocycles. The highest BCUT2D eigenvalue weighted by Crippen LogP contribution is 2.21. The van der Waals surface area contributed by atoms with Gasteiger partial charge in [-0.2, -0.15) is 0 Å². The van der Waals surface area contributed by atoms with Crippen molar-refractivity contribution < 1.29 is 14.3 Å². The number of benzene rings is 1. The Hall–Kier alpha value is -1.84. The molecule has 0 spiro atoms. The lowest BCUT2D eigenvalue weighted by atomic mass is 9.96. The van der Waals surface area contributed by atoms with Gasteiger partial charge in [0.2, 0.25) is 5.91 Å². The molecule has 0 bridgehead atoms. The molecule has 1 fully saturated rings. The maximum absolute atomic E-state index is 12.4. The number of esters is 1. The quantitative estimate of drug-likeness (QED) is 0.626. The summed E-state index contributed by atoms with van der Waals surface area (Å²) in [5, 5.41) is 0. The topological polar surface area (TPSA) is 46.6 Å². The van der Waals surface area contributed by atoms with E-state index in [9.17, 15) is 9.59 Å². The molecule has 0 aliphatic carbocycles. The van der Waals surface area contributed by atoms with Gasteiger partial charge in [-0.05, 0) is 32.3 Å². The number of hydrogen-bond acceptors (Lipinski definition) is 3. The molecule has 1 atom stereocenters. The first kappa shape index (κ1) is 14.6. The van der Waals surface area contributed by atoms with E-state index in [-0.39, 0.29) is 18.0 Å². The van der Waals surface area contributed by atoms with E-state index in [1.165, 1.54) is 0 Å². The van der Waals surface area contributed by atoms with Crippen molar-refractivity contribution in [2.24, 2.45) is 5.92 Å². The SMILES string of the molecule is CC(C)OC(=O)C1CCCN(Cc2ccccc2)C1=O. The number of likely N-dealkylation sites (tertiary alicyclic amines) is 1. The van der Waals surface area contributed by atoms with Crippen molar-refractivity contribution in [2.45, 2.75) is 39.3 Å². The fourth-order valence-electron chi connectivity index (χ4n) is 2.43. The standard InChI is InChI=1S/C16H21NO3/c1-12(2)20-16(19)14-9-6-10-17(15(14)18)11-13-7-4-3-5-8-13/h3-5,7-8,12,14H,6,9-11H2,1-2H3. The minimum Gasteiger partial charge on any atom is -0.462 e. The van der Waals surface area contributed by atoms with Gasteiger partial charge in [-0.3, -0.25) is 9.59 Å². The van der Waals surface area contributed by atoms with E-state index in [2.05, 4.69) is 0 Å². The monoisotopic (exact) mass is 275 g/mol. The van der Waals surface area contributed by atoms with Gasteiger partial charge in [0.25, 0.3) is 0 Å². The molecule has 4 nitrogen and oxygen atoms in total. The summed E-state index contributed by atoms with van der Waals surface area (Å²) in [7, 11) is 0. The third-order valence-electron chi connectivity index (χ3n) is 3.38.